The van der Waals surface area contributed by atoms with Gasteiger partial charge >= 0.3 is 23.9 Å². The smallest absolute Gasteiger partial charge is 0.326 e. The number of thioether (sulfide) groups is 1. The SMILES string of the molecule is CSCCC(NC(=O)C(N)CCC(=O)O)C(=O)NC(CCC(=O)O)C(=O)NC(CC(=O)O)C(=O)O. The molecule has 16 heteroatoms. The monoisotopic (exact) mass is 522 g/mol. The summed E-state index contributed by atoms with van der Waals surface area (Å²) in [6, 6.07) is -5.83. The molecule has 0 aliphatic heterocycles. The Labute approximate surface area is 204 Å². The zero-order valence-electron chi connectivity index (χ0n) is 18.9. The summed E-state index contributed by atoms with van der Waals surface area (Å²) in [4.78, 5) is 81.4. The van der Waals surface area contributed by atoms with E-state index in [1.807, 2.05) is 5.32 Å². The van der Waals surface area contributed by atoms with E-state index in [1.54, 1.807) is 6.26 Å². The van der Waals surface area contributed by atoms with Crippen molar-refractivity contribution in [3.63, 3.8) is 0 Å². The standard InChI is InChI=1S/C19H30N4O11S/c1-35-7-6-11(21-16(30)9(20)2-4-13(24)25)18(32)22-10(3-5-14(26)27)17(31)23-12(19(33)34)8-15(28)29/h9-12H,2-8,20H2,1H3,(H,21,30)(H,22,32)(H,23,31)(H,24,25)(H,26,27)(H,28,29)(H,33,34). The van der Waals surface area contributed by atoms with Crippen molar-refractivity contribution in [1.29, 1.82) is 0 Å². The third-order valence-electron chi connectivity index (χ3n) is 4.52. The molecule has 0 radical (unpaired) electrons. The summed E-state index contributed by atoms with van der Waals surface area (Å²) in [6.07, 6.45) is -0.760. The van der Waals surface area contributed by atoms with Gasteiger partial charge in [0.05, 0.1) is 12.5 Å². The van der Waals surface area contributed by atoms with Gasteiger partial charge in [0.1, 0.15) is 18.1 Å². The second-order valence-corrected chi connectivity index (χ2v) is 8.36. The summed E-state index contributed by atoms with van der Waals surface area (Å²) in [7, 11) is 0. The van der Waals surface area contributed by atoms with Crippen molar-refractivity contribution in [3.05, 3.63) is 0 Å². The number of hydrogen-bond acceptors (Lipinski definition) is 9. The highest BCUT2D eigenvalue weighted by Gasteiger charge is 2.31. The molecule has 15 nitrogen and oxygen atoms in total. The Morgan fingerprint density at radius 2 is 1.14 bits per heavy atom. The van der Waals surface area contributed by atoms with Gasteiger partial charge in [0, 0.05) is 12.8 Å². The van der Waals surface area contributed by atoms with E-state index < -0.39 is 85.0 Å². The van der Waals surface area contributed by atoms with E-state index >= 15 is 0 Å². The first-order valence-electron chi connectivity index (χ1n) is 10.3. The molecule has 0 rings (SSSR count). The van der Waals surface area contributed by atoms with Gasteiger partial charge < -0.3 is 42.1 Å². The van der Waals surface area contributed by atoms with Gasteiger partial charge in [-0.05, 0) is 31.3 Å². The Hall–Kier alpha value is -3.40. The van der Waals surface area contributed by atoms with E-state index in [9.17, 15) is 33.6 Å². The molecule has 0 aromatic heterocycles. The van der Waals surface area contributed by atoms with Crippen LogP contribution in [0.4, 0.5) is 0 Å². The lowest BCUT2D eigenvalue weighted by atomic mass is 10.1. The van der Waals surface area contributed by atoms with E-state index in [-0.39, 0.29) is 19.3 Å². The second kappa shape index (κ2) is 16.3. The largest absolute Gasteiger partial charge is 0.481 e. The minimum absolute atomic E-state index is 0.0778. The van der Waals surface area contributed by atoms with Crippen molar-refractivity contribution in [1.82, 2.24) is 16.0 Å². The fourth-order valence-electron chi connectivity index (χ4n) is 2.65. The van der Waals surface area contributed by atoms with Crippen LogP contribution in [0.2, 0.25) is 0 Å². The molecule has 0 saturated carbocycles. The van der Waals surface area contributed by atoms with Gasteiger partial charge in [0.25, 0.3) is 0 Å². The molecular formula is C19H30N4O11S. The van der Waals surface area contributed by atoms with Gasteiger partial charge in [0.2, 0.25) is 17.7 Å². The minimum atomic E-state index is -1.83. The Bertz CT molecular complexity index is 808. The number of rotatable bonds is 18. The molecule has 0 bridgehead atoms. The maximum absolute atomic E-state index is 12.8. The van der Waals surface area contributed by atoms with Crippen molar-refractivity contribution in [2.24, 2.45) is 5.73 Å². The summed E-state index contributed by atoms with van der Waals surface area (Å²) in [5.74, 6) is -8.09. The Kier molecular flexibility index (Phi) is 14.7. The molecule has 0 aliphatic rings. The molecule has 35 heavy (non-hydrogen) atoms. The number of nitrogens with one attached hydrogen (secondary N) is 3. The number of amides is 3. The number of carbonyl (C=O) groups is 7. The van der Waals surface area contributed by atoms with Gasteiger partial charge in [-0.1, -0.05) is 0 Å². The number of aliphatic carboxylic acids is 4. The lowest BCUT2D eigenvalue weighted by molar-refractivity contribution is -0.147. The summed E-state index contributed by atoms with van der Waals surface area (Å²) < 4.78 is 0. The van der Waals surface area contributed by atoms with E-state index in [2.05, 4.69) is 10.6 Å². The zero-order valence-corrected chi connectivity index (χ0v) is 19.7. The Balaban J connectivity index is 5.53. The van der Waals surface area contributed by atoms with Crippen molar-refractivity contribution < 1.29 is 54.0 Å². The topological polar surface area (TPSA) is 263 Å². The van der Waals surface area contributed by atoms with Crippen LogP contribution in [0, 0.1) is 0 Å². The van der Waals surface area contributed by atoms with E-state index in [0.717, 1.165) is 0 Å². The molecule has 4 unspecified atom stereocenters. The lowest BCUT2D eigenvalue weighted by Gasteiger charge is -2.24. The van der Waals surface area contributed by atoms with Crippen LogP contribution < -0.4 is 21.7 Å². The first kappa shape index (κ1) is 31.6. The fraction of sp³-hybridized carbons (Fsp3) is 0.632. The van der Waals surface area contributed by atoms with E-state index in [0.29, 0.717) is 5.75 Å². The number of carboxylic acid groups (broad SMARTS) is 4. The molecule has 0 aromatic carbocycles. The minimum Gasteiger partial charge on any atom is -0.481 e. The zero-order chi connectivity index (χ0) is 27.1. The van der Waals surface area contributed by atoms with Crippen LogP contribution in [0.25, 0.3) is 0 Å². The molecule has 0 saturated heterocycles. The molecule has 198 valence electrons. The van der Waals surface area contributed by atoms with Crippen molar-refractivity contribution in [2.75, 3.05) is 12.0 Å². The number of hydrogen-bond donors (Lipinski definition) is 8. The number of nitrogens with two attached hydrogens (primary N) is 1. The summed E-state index contributed by atoms with van der Waals surface area (Å²) >= 11 is 1.34. The molecule has 0 heterocycles. The van der Waals surface area contributed by atoms with Crippen molar-refractivity contribution in [3.8, 4) is 0 Å². The quantitative estimate of drug-likeness (QED) is 0.0952. The van der Waals surface area contributed by atoms with Gasteiger partial charge in [-0.3, -0.25) is 28.8 Å². The second-order valence-electron chi connectivity index (χ2n) is 7.37. The predicted molar refractivity (Wildman–Crippen MR) is 120 cm³/mol. The maximum Gasteiger partial charge on any atom is 0.326 e. The van der Waals surface area contributed by atoms with E-state index in [4.69, 9.17) is 26.2 Å². The van der Waals surface area contributed by atoms with Crippen LogP contribution in [0.5, 0.6) is 0 Å². The van der Waals surface area contributed by atoms with Crippen LogP contribution in [-0.2, 0) is 33.6 Å². The summed E-state index contributed by atoms with van der Waals surface area (Å²) in [6.45, 7) is 0. The predicted octanol–water partition coefficient (Wildman–Crippen LogP) is -2.19. The van der Waals surface area contributed by atoms with Gasteiger partial charge in [0.15, 0.2) is 0 Å². The number of carboxylic acids is 4. The highest BCUT2D eigenvalue weighted by Crippen LogP contribution is 2.06. The molecule has 9 N–H and O–H groups in total. The van der Waals surface area contributed by atoms with Crippen LogP contribution in [0.1, 0.15) is 38.5 Å². The molecule has 4 atom stereocenters. The molecule has 0 spiro atoms. The van der Waals surface area contributed by atoms with E-state index in [1.165, 1.54) is 11.8 Å². The van der Waals surface area contributed by atoms with Crippen LogP contribution in [0.3, 0.4) is 0 Å². The summed E-state index contributed by atoms with van der Waals surface area (Å²) in [5.41, 5.74) is 5.65. The first-order valence-corrected chi connectivity index (χ1v) is 11.7. The normalized spacial score (nSPS) is 14.0. The Morgan fingerprint density at radius 3 is 1.60 bits per heavy atom. The fourth-order valence-corrected chi connectivity index (χ4v) is 3.12. The third-order valence-corrected chi connectivity index (χ3v) is 5.17. The van der Waals surface area contributed by atoms with Crippen LogP contribution >= 0.6 is 11.8 Å². The summed E-state index contributed by atoms with van der Waals surface area (Å²) in [5, 5.41) is 42.1. The lowest BCUT2D eigenvalue weighted by Crippen LogP contribution is -2.57. The highest BCUT2D eigenvalue weighted by atomic mass is 32.2. The third kappa shape index (κ3) is 13.8. The van der Waals surface area contributed by atoms with Gasteiger partial charge in [-0.2, -0.15) is 11.8 Å². The van der Waals surface area contributed by atoms with Crippen LogP contribution in [0.15, 0.2) is 0 Å². The number of carbonyl (C=O) groups excluding carboxylic acids is 3. The van der Waals surface area contributed by atoms with Gasteiger partial charge in [-0.15, -0.1) is 0 Å². The average molecular weight is 523 g/mol. The van der Waals surface area contributed by atoms with Gasteiger partial charge in [-0.25, -0.2) is 4.79 Å². The average Bonchev–Trinajstić information content (AvgIpc) is 2.76. The Morgan fingerprint density at radius 1 is 0.686 bits per heavy atom. The molecule has 0 fully saturated rings. The maximum atomic E-state index is 12.8. The van der Waals surface area contributed by atoms with Crippen LogP contribution in [-0.4, -0.2) is 98.2 Å². The first-order chi connectivity index (χ1) is 16.3. The van der Waals surface area contributed by atoms with Crippen molar-refractivity contribution in [2.45, 2.75) is 62.7 Å². The molecule has 0 aromatic rings. The molecule has 3 amide bonds. The highest BCUT2D eigenvalue weighted by molar-refractivity contribution is 7.98. The molecule has 0 aliphatic carbocycles. The van der Waals surface area contributed by atoms with Crippen molar-refractivity contribution >= 4 is 53.4 Å². The molecular weight excluding hydrogens is 492 g/mol.